The van der Waals surface area contributed by atoms with Crippen LogP contribution in [0.2, 0.25) is 0 Å². The summed E-state index contributed by atoms with van der Waals surface area (Å²) in [5, 5.41) is -0.454. The molecule has 0 spiro atoms. The van der Waals surface area contributed by atoms with Crippen LogP contribution in [0.3, 0.4) is 0 Å². The number of carbonyl (C=O) groups excluding carboxylic acids is 1. The zero-order chi connectivity index (χ0) is 10.8. The number of hydrogen-bond acceptors (Lipinski definition) is 1. The second kappa shape index (κ2) is 4.04. The zero-order valence-electron chi connectivity index (χ0n) is 7.01. The normalized spacial score (nSPS) is 11.4. The molecule has 0 aliphatic heterocycles. The summed E-state index contributed by atoms with van der Waals surface area (Å²) >= 11 is 3.50. The first-order valence-electron chi connectivity index (χ1n) is 3.77. The maximum absolute atomic E-state index is 12.2. The third kappa shape index (κ3) is 3.06. The highest BCUT2D eigenvalue weighted by molar-refractivity contribution is 7.96. The molecule has 0 aliphatic carbocycles. The van der Waals surface area contributed by atoms with Crippen LogP contribution in [0.25, 0.3) is 0 Å². The summed E-state index contributed by atoms with van der Waals surface area (Å²) in [6.07, 6.45) is -4.46. The SMILES string of the molecule is O=C(S)Cc1cccc(C(F)(F)F)c1. The molecule has 0 saturated heterocycles. The molecule has 0 aromatic heterocycles. The average Bonchev–Trinajstić information content (AvgIpc) is 2.01. The van der Waals surface area contributed by atoms with Gasteiger partial charge >= 0.3 is 6.18 Å². The lowest BCUT2D eigenvalue weighted by Crippen LogP contribution is -2.05. The topological polar surface area (TPSA) is 17.1 Å². The fraction of sp³-hybridized carbons (Fsp3) is 0.222. The molecule has 0 saturated carbocycles. The van der Waals surface area contributed by atoms with Gasteiger partial charge in [0.2, 0.25) is 0 Å². The van der Waals surface area contributed by atoms with Crippen molar-refractivity contribution < 1.29 is 18.0 Å². The quantitative estimate of drug-likeness (QED) is 0.758. The van der Waals surface area contributed by atoms with E-state index in [4.69, 9.17) is 0 Å². The fourth-order valence-corrected chi connectivity index (χ4v) is 1.21. The minimum absolute atomic E-state index is 0.0902. The van der Waals surface area contributed by atoms with Crippen molar-refractivity contribution in [3.05, 3.63) is 35.4 Å². The molecule has 1 aromatic carbocycles. The van der Waals surface area contributed by atoms with E-state index in [0.717, 1.165) is 12.1 Å². The van der Waals surface area contributed by atoms with Gasteiger partial charge in [0, 0.05) is 6.42 Å². The Balaban J connectivity index is 2.95. The molecule has 5 heteroatoms. The zero-order valence-corrected chi connectivity index (χ0v) is 7.90. The van der Waals surface area contributed by atoms with E-state index in [9.17, 15) is 18.0 Å². The lowest BCUT2D eigenvalue weighted by Gasteiger charge is -2.07. The van der Waals surface area contributed by atoms with E-state index in [1.807, 2.05) is 0 Å². The lowest BCUT2D eigenvalue weighted by atomic mass is 10.1. The van der Waals surface area contributed by atoms with Gasteiger partial charge in [0.1, 0.15) is 0 Å². The number of halogens is 3. The Morgan fingerprint density at radius 3 is 2.50 bits per heavy atom. The van der Waals surface area contributed by atoms with Gasteiger partial charge in [0.05, 0.1) is 5.56 Å². The van der Waals surface area contributed by atoms with Gasteiger partial charge in [0.25, 0.3) is 0 Å². The van der Waals surface area contributed by atoms with Gasteiger partial charge in [-0.2, -0.15) is 13.2 Å². The number of rotatable bonds is 2. The fourth-order valence-electron chi connectivity index (χ4n) is 1.03. The molecular weight excluding hydrogens is 213 g/mol. The summed E-state index contributed by atoms with van der Waals surface area (Å²) in [7, 11) is 0. The minimum atomic E-state index is -4.37. The molecule has 0 aliphatic rings. The average molecular weight is 220 g/mol. The third-order valence-electron chi connectivity index (χ3n) is 1.61. The van der Waals surface area contributed by atoms with Gasteiger partial charge in [-0.05, 0) is 11.6 Å². The molecule has 1 rings (SSSR count). The van der Waals surface area contributed by atoms with Crippen LogP contribution >= 0.6 is 12.6 Å². The van der Waals surface area contributed by atoms with Crippen LogP contribution in [0.1, 0.15) is 11.1 Å². The first-order chi connectivity index (χ1) is 6.39. The van der Waals surface area contributed by atoms with Crippen molar-refractivity contribution >= 4 is 17.7 Å². The Bertz CT molecular complexity index is 346. The van der Waals surface area contributed by atoms with E-state index in [1.165, 1.54) is 12.1 Å². The van der Waals surface area contributed by atoms with E-state index >= 15 is 0 Å². The summed E-state index contributed by atoms with van der Waals surface area (Å²) in [6, 6.07) is 4.65. The largest absolute Gasteiger partial charge is 0.416 e. The first-order valence-corrected chi connectivity index (χ1v) is 4.22. The van der Waals surface area contributed by atoms with Crippen LogP contribution in [0.4, 0.5) is 13.2 Å². The maximum Gasteiger partial charge on any atom is 0.416 e. The molecular formula is C9H7F3OS. The Hall–Kier alpha value is -0.970. The second-order valence-corrected chi connectivity index (χ2v) is 3.27. The van der Waals surface area contributed by atoms with Crippen LogP contribution in [-0.4, -0.2) is 5.12 Å². The van der Waals surface area contributed by atoms with Gasteiger partial charge in [-0.1, -0.05) is 18.2 Å². The Morgan fingerprint density at radius 1 is 1.36 bits per heavy atom. The summed E-state index contributed by atoms with van der Waals surface area (Å²) in [5.41, 5.74) is -0.426. The van der Waals surface area contributed by atoms with Gasteiger partial charge in [0.15, 0.2) is 5.12 Å². The van der Waals surface area contributed by atoms with Gasteiger partial charge in [-0.3, -0.25) is 4.79 Å². The Morgan fingerprint density at radius 2 is 2.00 bits per heavy atom. The highest BCUT2D eigenvalue weighted by Gasteiger charge is 2.30. The van der Waals surface area contributed by atoms with Gasteiger partial charge in [-0.25, -0.2) is 0 Å². The van der Waals surface area contributed by atoms with Crippen molar-refractivity contribution in [2.24, 2.45) is 0 Å². The third-order valence-corrected chi connectivity index (χ3v) is 1.77. The molecule has 0 unspecified atom stereocenters. The van der Waals surface area contributed by atoms with E-state index in [-0.39, 0.29) is 6.42 Å². The van der Waals surface area contributed by atoms with Crippen LogP contribution in [0.5, 0.6) is 0 Å². The highest BCUT2D eigenvalue weighted by Crippen LogP contribution is 2.29. The highest BCUT2D eigenvalue weighted by atomic mass is 32.1. The Labute approximate surface area is 84.3 Å². The summed E-state index contributed by atoms with van der Waals surface area (Å²) in [4.78, 5) is 10.6. The summed E-state index contributed by atoms with van der Waals surface area (Å²) < 4.78 is 36.6. The van der Waals surface area contributed by atoms with Crippen molar-refractivity contribution in [1.82, 2.24) is 0 Å². The number of hydrogen-bond donors (Lipinski definition) is 1. The van der Waals surface area contributed by atoms with Crippen LogP contribution in [-0.2, 0) is 17.4 Å². The number of alkyl halides is 3. The maximum atomic E-state index is 12.2. The standard InChI is InChI=1S/C9H7F3OS/c10-9(11,12)7-3-1-2-6(4-7)5-8(13)14/h1-4H,5H2,(H,13,14). The van der Waals surface area contributed by atoms with Gasteiger partial charge in [-0.15, -0.1) is 12.6 Å². The molecule has 1 nitrogen and oxygen atoms in total. The predicted molar refractivity (Wildman–Crippen MR) is 49.1 cm³/mol. The molecule has 0 fully saturated rings. The van der Waals surface area contributed by atoms with Crippen molar-refractivity contribution in [3.8, 4) is 0 Å². The van der Waals surface area contributed by atoms with Crippen LogP contribution < -0.4 is 0 Å². The van der Waals surface area contributed by atoms with Gasteiger partial charge < -0.3 is 0 Å². The number of benzene rings is 1. The van der Waals surface area contributed by atoms with Crippen molar-refractivity contribution in [1.29, 1.82) is 0 Å². The molecule has 0 bridgehead atoms. The molecule has 0 radical (unpaired) electrons. The number of thiol groups is 1. The summed E-state index contributed by atoms with van der Waals surface area (Å²) in [5.74, 6) is 0. The monoisotopic (exact) mass is 220 g/mol. The van der Waals surface area contributed by atoms with Crippen molar-refractivity contribution in [2.45, 2.75) is 12.6 Å². The van der Waals surface area contributed by atoms with Crippen LogP contribution in [0, 0.1) is 0 Å². The lowest BCUT2D eigenvalue weighted by molar-refractivity contribution is -0.137. The summed E-state index contributed by atoms with van der Waals surface area (Å²) in [6.45, 7) is 0. The van der Waals surface area contributed by atoms with E-state index in [0.29, 0.717) is 5.56 Å². The molecule has 0 amide bonds. The number of carbonyl (C=O) groups is 1. The molecule has 0 heterocycles. The minimum Gasteiger partial charge on any atom is -0.287 e. The van der Waals surface area contributed by atoms with Crippen molar-refractivity contribution in [3.63, 3.8) is 0 Å². The smallest absolute Gasteiger partial charge is 0.287 e. The van der Waals surface area contributed by atoms with Crippen LogP contribution in [0.15, 0.2) is 24.3 Å². The van der Waals surface area contributed by atoms with E-state index in [2.05, 4.69) is 12.6 Å². The Kier molecular flexibility index (Phi) is 3.21. The van der Waals surface area contributed by atoms with Crippen molar-refractivity contribution in [2.75, 3.05) is 0 Å². The van der Waals surface area contributed by atoms with E-state index in [1.54, 1.807) is 0 Å². The molecule has 76 valence electrons. The molecule has 0 atom stereocenters. The molecule has 1 aromatic rings. The second-order valence-electron chi connectivity index (χ2n) is 2.77. The predicted octanol–water partition coefficient (Wildman–Crippen LogP) is 2.70. The first kappa shape index (κ1) is 11.1. The molecule has 0 N–H and O–H groups in total. The van der Waals surface area contributed by atoms with E-state index < -0.39 is 16.9 Å². The molecule has 14 heavy (non-hydrogen) atoms.